The molecule has 1 aliphatic heterocycles. The second-order valence-electron chi connectivity index (χ2n) is 6.71. The summed E-state index contributed by atoms with van der Waals surface area (Å²) in [5.41, 5.74) is 6.12. The second-order valence-corrected chi connectivity index (χ2v) is 6.71. The van der Waals surface area contributed by atoms with E-state index in [9.17, 15) is 0 Å². The number of nitrogens with zero attached hydrogens (tertiary/aromatic N) is 4. The topological polar surface area (TPSA) is 53.9 Å². The third kappa shape index (κ3) is 3.25. The van der Waals surface area contributed by atoms with E-state index in [-0.39, 0.29) is 0 Å². The summed E-state index contributed by atoms with van der Waals surface area (Å²) in [6, 6.07) is 12.8. The lowest BCUT2D eigenvalue weighted by Crippen LogP contribution is -2.32. The molecule has 3 aromatic rings. The maximum Gasteiger partial charge on any atom is 0.133 e. The van der Waals surface area contributed by atoms with E-state index in [0.717, 1.165) is 42.4 Å². The highest BCUT2D eigenvalue weighted by molar-refractivity contribution is 5.52. The quantitative estimate of drug-likeness (QED) is 0.782. The van der Waals surface area contributed by atoms with Gasteiger partial charge in [0.1, 0.15) is 18.0 Å². The number of pyridine rings is 1. The van der Waals surface area contributed by atoms with Crippen LogP contribution in [0.15, 0.2) is 48.9 Å². The van der Waals surface area contributed by atoms with Crippen LogP contribution in [0.2, 0.25) is 0 Å². The molecule has 0 unspecified atom stereocenters. The Bertz CT molecular complexity index is 922. The van der Waals surface area contributed by atoms with E-state index in [2.05, 4.69) is 55.5 Å². The predicted molar refractivity (Wildman–Crippen MR) is 104 cm³/mol. The van der Waals surface area contributed by atoms with Gasteiger partial charge >= 0.3 is 0 Å². The summed E-state index contributed by atoms with van der Waals surface area (Å²) >= 11 is 0. The highest BCUT2D eigenvalue weighted by Crippen LogP contribution is 2.26. The van der Waals surface area contributed by atoms with Crippen molar-refractivity contribution in [2.24, 2.45) is 0 Å². The first-order chi connectivity index (χ1) is 12.7. The van der Waals surface area contributed by atoms with E-state index in [4.69, 9.17) is 0 Å². The number of hydrogen-bond acceptors (Lipinski definition) is 5. The fourth-order valence-corrected chi connectivity index (χ4v) is 3.42. The van der Waals surface area contributed by atoms with Gasteiger partial charge in [0, 0.05) is 42.7 Å². The maximum absolute atomic E-state index is 4.68. The summed E-state index contributed by atoms with van der Waals surface area (Å²) in [5, 5.41) is 3.45. The highest BCUT2D eigenvalue weighted by Gasteiger charge is 2.19. The van der Waals surface area contributed by atoms with Crippen molar-refractivity contribution in [1.82, 2.24) is 15.0 Å². The molecule has 1 aliphatic rings. The van der Waals surface area contributed by atoms with E-state index < -0.39 is 0 Å². The van der Waals surface area contributed by atoms with Crippen LogP contribution < -0.4 is 10.2 Å². The van der Waals surface area contributed by atoms with Gasteiger partial charge in [0.05, 0.1) is 0 Å². The molecule has 0 atom stereocenters. The van der Waals surface area contributed by atoms with Crippen LogP contribution in [0.3, 0.4) is 0 Å². The molecule has 26 heavy (non-hydrogen) atoms. The number of nitrogens with one attached hydrogen (secondary N) is 1. The lowest BCUT2D eigenvalue weighted by molar-refractivity contribution is 0.716. The molecule has 0 saturated heterocycles. The van der Waals surface area contributed by atoms with Crippen LogP contribution in [0.25, 0.3) is 0 Å². The Kier molecular flexibility index (Phi) is 4.52. The zero-order valence-electron chi connectivity index (χ0n) is 15.2. The standard InChI is InChI=1S/C21H23N5/c1-15-16(2)24-14-25-20(15)23-12-18-8-5-10-22-21(18)26-11-9-17-6-3-4-7-19(17)13-26/h3-8,10,14H,9,11-13H2,1-2H3,(H,23,24,25). The van der Waals surface area contributed by atoms with Crippen molar-refractivity contribution in [2.75, 3.05) is 16.8 Å². The molecular weight excluding hydrogens is 322 g/mol. The first-order valence-corrected chi connectivity index (χ1v) is 9.00. The van der Waals surface area contributed by atoms with Crippen molar-refractivity contribution >= 4 is 11.6 Å². The third-order valence-electron chi connectivity index (χ3n) is 5.08. The van der Waals surface area contributed by atoms with Gasteiger partial charge in [0.25, 0.3) is 0 Å². The molecule has 132 valence electrons. The molecule has 0 fully saturated rings. The van der Waals surface area contributed by atoms with E-state index in [1.165, 1.54) is 16.7 Å². The summed E-state index contributed by atoms with van der Waals surface area (Å²) in [6.45, 7) is 6.64. The number of rotatable bonds is 4. The Morgan fingerprint density at radius 1 is 1.00 bits per heavy atom. The van der Waals surface area contributed by atoms with Gasteiger partial charge < -0.3 is 10.2 Å². The summed E-state index contributed by atoms with van der Waals surface area (Å²) < 4.78 is 0. The molecule has 3 heterocycles. The molecular formula is C21H23N5. The summed E-state index contributed by atoms with van der Waals surface area (Å²) in [4.78, 5) is 15.7. The Hall–Kier alpha value is -2.95. The van der Waals surface area contributed by atoms with Gasteiger partial charge in [0.15, 0.2) is 0 Å². The smallest absolute Gasteiger partial charge is 0.133 e. The van der Waals surface area contributed by atoms with Crippen LogP contribution in [0, 0.1) is 13.8 Å². The largest absolute Gasteiger partial charge is 0.366 e. The average molecular weight is 345 g/mol. The minimum atomic E-state index is 0.693. The normalized spacial score (nSPS) is 13.4. The molecule has 1 N–H and O–H groups in total. The van der Waals surface area contributed by atoms with Crippen molar-refractivity contribution in [1.29, 1.82) is 0 Å². The molecule has 0 bridgehead atoms. The first kappa shape index (κ1) is 16.5. The highest BCUT2D eigenvalue weighted by atomic mass is 15.2. The zero-order chi connectivity index (χ0) is 17.9. The van der Waals surface area contributed by atoms with Gasteiger partial charge in [-0.3, -0.25) is 0 Å². The predicted octanol–water partition coefficient (Wildman–Crippen LogP) is 3.66. The second kappa shape index (κ2) is 7.12. The minimum absolute atomic E-state index is 0.693. The van der Waals surface area contributed by atoms with E-state index in [1.807, 2.05) is 26.1 Å². The lowest BCUT2D eigenvalue weighted by atomic mass is 9.99. The van der Waals surface area contributed by atoms with Crippen LogP contribution in [-0.2, 0) is 19.5 Å². The molecule has 0 amide bonds. The summed E-state index contributed by atoms with van der Waals surface area (Å²) in [6.07, 6.45) is 4.54. The molecule has 5 nitrogen and oxygen atoms in total. The van der Waals surface area contributed by atoms with Crippen LogP contribution in [0.1, 0.15) is 27.9 Å². The SMILES string of the molecule is Cc1ncnc(NCc2cccnc2N2CCc3ccccc3C2)c1C. The molecule has 2 aromatic heterocycles. The van der Waals surface area contributed by atoms with E-state index in [1.54, 1.807) is 6.33 Å². The van der Waals surface area contributed by atoms with Gasteiger partial charge in [-0.25, -0.2) is 15.0 Å². The molecule has 4 rings (SSSR count). The van der Waals surface area contributed by atoms with Gasteiger partial charge in [-0.1, -0.05) is 30.3 Å². The fourth-order valence-electron chi connectivity index (χ4n) is 3.42. The van der Waals surface area contributed by atoms with Crippen LogP contribution in [0.5, 0.6) is 0 Å². The van der Waals surface area contributed by atoms with Crippen molar-refractivity contribution in [3.05, 3.63) is 76.9 Å². The minimum Gasteiger partial charge on any atom is -0.366 e. The van der Waals surface area contributed by atoms with Crippen molar-refractivity contribution < 1.29 is 0 Å². The number of aryl methyl sites for hydroxylation is 1. The van der Waals surface area contributed by atoms with Crippen molar-refractivity contribution in [2.45, 2.75) is 33.4 Å². The number of anilines is 2. The van der Waals surface area contributed by atoms with Crippen molar-refractivity contribution in [3.8, 4) is 0 Å². The van der Waals surface area contributed by atoms with Crippen molar-refractivity contribution in [3.63, 3.8) is 0 Å². The number of aromatic nitrogens is 3. The Labute approximate surface area is 154 Å². The molecule has 0 saturated carbocycles. The molecule has 5 heteroatoms. The molecule has 0 aliphatic carbocycles. The number of benzene rings is 1. The van der Waals surface area contributed by atoms with E-state index >= 15 is 0 Å². The van der Waals surface area contributed by atoms with Crippen LogP contribution in [-0.4, -0.2) is 21.5 Å². The zero-order valence-corrected chi connectivity index (χ0v) is 15.2. The monoisotopic (exact) mass is 345 g/mol. The van der Waals surface area contributed by atoms with Gasteiger partial charge in [-0.15, -0.1) is 0 Å². The van der Waals surface area contributed by atoms with Crippen LogP contribution >= 0.6 is 0 Å². The van der Waals surface area contributed by atoms with Gasteiger partial charge in [0.2, 0.25) is 0 Å². The number of hydrogen-bond donors (Lipinski definition) is 1. The number of fused-ring (bicyclic) bond motifs is 1. The third-order valence-corrected chi connectivity index (χ3v) is 5.08. The molecule has 0 radical (unpaired) electrons. The van der Waals surface area contributed by atoms with Gasteiger partial charge in [-0.05, 0) is 37.5 Å². The summed E-state index contributed by atoms with van der Waals surface area (Å²) in [5.74, 6) is 1.94. The first-order valence-electron chi connectivity index (χ1n) is 9.00. The fraction of sp³-hybridized carbons (Fsp3) is 0.286. The summed E-state index contributed by atoms with van der Waals surface area (Å²) in [7, 11) is 0. The average Bonchev–Trinajstić information content (AvgIpc) is 2.69. The lowest BCUT2D eigenvalue weighted by Gasteiger charge is -2.31. The maximum atomic E-state index is 4.68. The Morgan fingerprint density at radius 2 is 1.85 bits per heavy atom. The van der Waals surface area contributed by atoms with Gasteiger partial charge in [-0.2, -0.15) is 0 Å². The molecule has 1 aromatic carbocycles. The molecule has 0 spiro atoms. The van der Waals surface area contributed by atoms with Crippen LogP contribution in [0.4, 0.5) is 11.6 Å². The Morgan fingerprint density at radius 3 is 2.73 bits per heavy atom. The van der Waals surface area contributed by atoms with E-state index in [0.29, 0.717) is 6.54 Å². The Balaban J connectivity index is 1.55.